The van der Waals surface area contributed by atoms with Crippen molar-refractivity contribution in [3.8, 4) is 0 Å². The predicted octanol–water partition coefficient (Wildman–Crippen LogP) is 2.19. The lowest BCUT2D eigenvalue weighted by atomic mass is 9.80. The minimum absolute atomic E-state index is 0.208. The highest BCUT2D eigenvalue weighted by atomic mass is 16.1. The average molecular weight is 195 g/mol. The van der Waals surface area contributed by atoms with E-state index in [1.807, 2.05) is 6.92 Å². The van der Waals surface area contributed by atoms with Gasteiger partial charge in [-0.2, -0.15) is 0 Å². The van der Waals surface area contributed by atoms with Crippen LogP contribution in [0.2, 0.25) is 0 Å². The fourth-order valence-electron chi connectivity index (χ4n) is 3.41. The molecule has 0 radical (unpaired) electrons. The molecule has 4 unspecified atom stereocenters. The van der Waals surface area contributed by atoms with Crippen LogP contribution in [0.3, 0.4) is 0 Å². The molecular weight excluding hydrogens is 174 g/mol. The Kier molecular flexibility index (Phi) is 2.80. The normalized spacial score (nSPS) is 40.1. The van der Waals surface area contributed by atoms with Crippen LogP contribution in [-0.4, -0.2) is 12.5 Å². The van der Waals surface area contributed by atoms with Crippen molar-refractivity contribution in [2.75, 3.05) is 6.54 Å². The van der Waals surface area contributed by atoms with Crippen LogP contribution in [0.15, 0.2) is 0 Å². The number of hydrogen-bond donors (Lipinski definition) is 1. The Hall–Kier alpha value is -0.530. The third-order valence-electron chi connectivity index (χ3n) is 4.39. The summed E-state index contributed by atoms with van der Waals surface area (Å²) < 4.78 is 0. The number of hydrogen-bond acceptors (Lipinski definition) is 1. The van der Waals surface area contributed by atoms with Crippen molar-refractivity contribution in [3.05, 3.63) is 0 Å². The second-order valence-electron chi connectivity index (χ2n) is 5.01. The molecule has 0 aliphatic heterocycles. The predicted molar refractivity (Wildman–Crippen MR) is 56.8 cm³/mol. The van der Waals surface area contributed by atoms with Crippen molar-refractivity contribution >= 4 is 5.91 Å². The van der Waals surface area contributed by atoms with Gasteiger partial charge in [0.2, 0.25) is 5.91 Å². The molecule has 0 heterocycles. The third kappa shape index (κ3) is 1.67. The van der Waals surface area contributed by atoms with E-state index in [9.17, 15) is 4.79 Å². The molecule has 2 aliphatic rings. The van der Waals surface area contributed by atoms with E-state index >= 15 is 0 Å². The highest BCUT2D eigenvalue weighted by Crippen LogP contribution is 2.51. The molecule has 1 amide bonds. The summed E-state index contributed by atoms with van der Waals surface area (Å²) in [6.45, 7) is 5.21. The highest BCUT2D eigenvalue weighted by molar-refractivity contribution is 5.75. The van der Waals surface area contributed by atoms with Crippen molar-refractivity contribution in [2.45, 2.75) is 39.5 Å². The molecule has 2 fully saturated rings. The summed E-state index contributed by atoms with van der Waals surface area (Å²) in [5.74, 6) is 3.69. The van der Waals surface area contributed by atoms with Crippen LogP contribution in [0, 0.1) is 23.7 Å². The number of carbonyl (C=O) groups is 1. The molecule has 0 aromatic heterocycles. The number of rotatable bonds is 3. The van der Waals surface area contributed by atoms with Crippen molar-refractivity contribution in [3.63, 3.8) is 0 Å². The zero-order chi connectivity index (χ0) is 10.1. The second-order valence-corrected chi connectivity index (χ2v) is 5.01. The fraction of sp³-hybridized carbons (Fsp3) is 0.917. The van der Waals surface area contributed by atoms with Crippen molar-refractivity contribution in [1.82, 2.24) is 5.32 Å². The molecule has 2 bridgehead atoms. The first kappa shape index (κ1) is 10.0. The molecule has 2 heteroatoms. The Morgan fingerprint density at radius 3 is 2.64 bits per heavy atom. The Morgan fingerprint density at radius 2 is 2.07 bits per heavy atom. The molecule has 2 rings (SSSR count). The summed E-state index contributed by atoms with van der Waals surface area (Å²) in [5, 5.41) is 3.05. The number of nitrogens with one attached hydrogen (secondary N) is 1. The van der Waals surface area contributed by atoms with Crippen molar-refractivity contribution < 1.29 is 4.79 Å². The van der Waals surface area contributed by atoms with Crippen LogP contribution in [0.5, 0.6) is 0 Å². The Morgan fingerprint density at radius 1 is 1.36 bits per heavy atom. The molecule has 0 spiro atoms. The summed E-state index contributed by atoms with van der Waals surface area (Å²) in [7, 11) is 0. The first-order chi connectivity index (χ1) is 6.72. The van der Waals surface area contributed by atoms with Crippen molar-refractivity contribution in [2.24, 2.45) is 23.7 Å². The van der Waals surface area contributed by atoms with Gasteiger partial charge < -0.3 is 5.32 Å². The summed E-state index contributed by atoms with van der Waals surface area (Å²) in [6.07, 6.45) is 4.88. The summed E-state index contributed by atoms with van der Waals surface area (Å²) >= 11 is 0. The zero-order valence-electron chi connectivity index (χ0n) is 9.25. The first-order valence-corrected chi connectivity index (χ1v) is 5.99. The molecule has 2 saturated carbocycles. The molecule has 14 heavy (non-hydrogen) atoms. The van der Waals surface area contributed by atoms with E-state index in [0.717, 1.165) is 30.2 Å². The lowest BCUT2D eigenvalue weighted by Crippen LogP contribution is -2.34. The van der Waals surface area contributed by atoms with Gasteiger partial charge in [0, 0.05) is 13.0 Å². The lowest BCUT2D eigenvalue weighted by molar-refractivity contribution is -0.121. The second kappa shape index (κ2) is 3.92. The summed E-state index contributed by atoms with van der Waals surface area (Å²) in [4.78, 5) is 11.2. The van der Waals surface area contributed by atoms with Gasteiger partial charge in [-0.05, 0) is 42.9 Å². The standard InChI is InChI=1S/C12H21NO/c1-3-12(14)13-7-11-8(2)9-4-5-10(11)6-9/h8-11H,3-7H2,1-2H3,(H,13,14). The van der Waals surface area contributed by atoms with Crippen LogP contribution in [-0.2, 0) is 4.79 Å². The maximum atomic E-state index is 11.2. The largest absolute Gasteiger partial charge is 0.356 e. The third-order valence-corrected chi connectivity index (χ3v) is 4.39. The van der Waals surface area contributed by atoms with Gasteiger partial charge in [-0.3, -0.25) is 4.79 Å². The zero-order valence-corrected chi connectivity index (χ0v) is 9.25. The minimum atomic E-state index is 0.208. The molecule has 2 nitrogen and oxygen atoms in total. The SMILES string of the molecule is CCC(=O)NCC1C2CCC(C2)C1C. The van der Waals surface area contributed by atoms with Crippen molar-refractivity contribution in [1.29, 1.82) is 0 Å². The molecule has 2 aliphatic carbocycles. The molecule has 0 aromatic rings. The van der Waals surface area contributed by atoms with E-state index in [1.165, 1.54) is 19.3 Å². The van der Waals surface area contributed by atoms with E-state index in [1.54, 1.807) is 0 Å². The Balaban J connectivity index is 1.84. The van der Waals surface area contributed by atoms with Gasteiger partial charge in [0.15, 0.2) is 0 Å². The molecule has 80 valence electrons. The van der Waals surface area contributed by atoms with Crippen LogP contribution >= 0.6 is 0 Å². The molecule has 4 atom stereocenters. The molecular formula is C12H21NO. The molecule has 0 aromatic carbocycles. The summed E-state index contributed by atoms with van der Waals surface area (Å²) in [6, 6.07) is 0. The smallest absolute Gasteiger partial charge is 0.219 e. The van der Waals surface area contributed by atoms with E-state index in [-0.39, 0.29) is 5.91 Å². The van der Waals surface area contributed by atoms with E-state index in [0.29, 0.717) is 6.42 Å². The van der Waals surface area contributed by atoms with Gasteiger partial charge >= 0.3 is 0 Å². The average Bonchev–Trinajstić information content (AvgIpc) is 2.75. The van der Waals surface area contributed by atoms with Crippen LogP contribution in [0.25, 0.3) is 0 Å². The van der Waals surface area contributed by atoms with Gasteiger partial charge in [-0.25, -0.2) is 0 Å². The Labute approximate surface area is 86.5 Å². The number of carbonyl (C=O) groups excluding carboxylic acids is 1. The Bertz CT molecular complexity index is 224. The van der Waals surface area contributed by atoms with Crippen LogP contribution in [0.4, 0.5) is 0 Å². The quantitative estimate of drug-likeness (QED) is 0.735. The van der Waals surface area contributed by atoms with Gasteiger partial charge in [0.1, 0.15) is 0 Å². The van der Waals surface area contributed by atoms with E-state index < -0.39 is 0 Å². The maximum absolute atomic E-state index is 11.2. The van der Waals surface area contributed by atoms with E-state index in [4.69, 9.17) is 0 Å². The van der Waals surface area contributed by atoms with Gasteiger partial charge in [0.25, 0.3) is 0 Å². The number of fused-ring (bicyclic) bond motifs is 2. The fourth-order valence-corrected chi connectivity index (χ4v) is 3.41. The maximum Gasteiger partial charge on any atom is 0.219 e. The monoisotopic (exact) mass is 195 g/mol. The molecule has 1 N–H and O–H groups in total. The highest BCUT2D eigenvalue weighted by Gasteiger charge is 2.44. The number of amides is 1. The lowest BCUT2D eigenvalue weighted by Gasteiger charge is -2.28. The summed E-state index contributed by atoms with van der Waals surface area (Å²) in [5.41, 5.74) is 0. The van der Waals surface area contributed by atoms with Gasteiger partial charge in [-0.15, -0.1) is 0 Å². The van der Waals surface area contributed by atoms with Crippen LogP contribution < -0.4 is 5.32 Å². The van der Waals surface area contributed by atoms with Crippen LogP contribution in [0.1, 0.15) is 39.5 Å². The topological polar surface area (TPSA) is 29.1 Å². The van der Waals surface area contributed by atoms with E-state index in [2.05, 4.69) is 12.2 Å². The molecule has 0 saturated heterocycles. The van der Waals surface area contributed by atoms with Gasteiger partial charge in [-0.1, -0.05) is 13.8 Å². The van der Waals surface area contributed by atoms with Gasteiger partial charge in [0.05, 0.1) is 0 Å². The first-order valence-electron chi connectivity index (χ1n) is 5.99. The minimum Gasteiger partial charge on any atom is -0.356 e.